The molecule has 1 aliphatic rings. The number of halogens is 2. The molecule has 1 fully saturated rings. The van der Waals surface area contributed by atoms with E-state index in [2.05, 4.69) is 15.9 Å². The lowest BCUT2D eigenvalue weighted by atomic mass is 9.96. The number of nitro groups is 1. The Bertz CT molecular complexity index is 1240. The quantitative estimate of drug-likeness (QED) is 0.262. The first kappa shape index (κ1) is 24.4. The molecule has 178 valence electrons. The summed E-state index contributed by atoms with van der Waals surface area (Å²) in [6.07, 6.45) is 1.52. The zero-order valence-corrected chi connectivity index (χ0v) is 21.6. The highest BCUT2D eigenvalue weighted by atomic mass is 79.9. The molecule has 0 N–H and O–H groups in total. The summed E-state index contributed by atoms with van der Waals surface area (Å²) in [5.74, 6) is 0.986. The van der Waals surface area contributed by atoms with Crippen molar-refractivity contribution in [2.45, 2.75) is 18.8 Å². The Morgan fingerprint density at radius 1 is 1.24 bits per heavy atom. The van der Waals surface area contributed by atoms with Crippen molar-refractivity contribution in [1.82, 2.24) is 9.88 Å². The summed E-state index contributed by atoms with van der Waals surface area (Å²) in [6.45, 7) is 1.15. The lowest BCUT2D eigenvalue weighted by Crippen LogP contribution is -2.38. The van der Waals surface area contributed by atoms with Crippen LogP contribution in [0.3, 0.4) is 0 Å². The number of hydrogen-bond acceptors (Lipinski definition) is 7. The average Bonchev–Trinajstić information content (AvgIpc) is 3.34. The Labute approximate surface area is 213 Å². The van der Waals surface area contributed by atoms with E-state index in [9.17, 15) is 14.9 Å². The van der Waals surface area contributed by atoms with Gasteiger partial charge in [-0.1, -0.05) is 17.7 Å². The maximum atomic E-state index is 13.3. The van der Waals surface area contributed by atoms with Gasteiger partial charge in [0.05, 0.1) is 34.3 Å². The summed E-state index contributed by atoms with van der Waals surface area (Å²) in [6, 6.07) is 8.22. The smallest absolute Gasteiger partial charge is 0.288 e. The maximum absolute atomic E-state index is 13.3. The van der Waals surface area contributed by atoms with E-state index in [4.69, 9.17) is 26.1 Å². The summed E-state index contributed by atoms with van der Waals surface area (Å²) in [5, 5.41) is 14.2. The highest BCUT2D eigenvalue weighted by Gasteiger charge is 2.30. The first-order valence-electron chi connectivity index (χ1n) is 10.4. The molecule has 0 spiro atoms. The lowest BCUT2D eigenvalue weighted by molar-refractivity contribution is -0.384. The van der Waals surface area contributed by atoms with E-state index in [-0.39, 0.29) is 22.5 Å². The number of hydrogen-bond donors (Lipinski definition) is 0. The number of methoxy groups -OCH3 is 2. The Balaban J connectivity index is 1.48. The number of carbonyl (C=O) groups is 1. The molecule has 4 rings (SSSR count). The van der Waals surface area contributed by atoms with Crippen molar-refractivity contribution < 1.29 is 19.2 Å². The number of nitrogens with zero attached hydrogens (tertiary/aromatic N) is 3. The highest BCUT2D eigenvalue weighted by molar-refractivity contribution is 9.10. The van der Waals surface area contributed by atoms with Crippen molar-refractivity contribution in [3.05, 3.63) is 65.9 Å². The normalized spacial score (nSPS) is 14.2. The van der Waals surface area contributed by atoms with Crippen LogP contribution in [0.5, 0.6) is 11.5 Å². The van der Waals surface area contributed by atoms with Crippen molar-refractivity contribution in [2.24, 2.45) is 0 Å². The van der Waals surface area contributed by atoms with Crippen LogP contribution in [0.4, 0.5) is 5.69 Å². The topological polar surface area (TPSA) is 94.8 Å². The van der Waals surface area contributed by atoms with E-state index >= 15 is 0 Å². The minimum atomic E-state index is -0.499. The van der Waals surface area contributed by atoms with Gasteiger partial charge in [0.2, 0.25) is 0 Å². The van der Waals surface area contributed by atoms with Crippen molar-refractivity contribution in [3.8, 4) is 22.8 Å². The molecule has 1 amide bonds. The number of rotatable bonds is 6. The predicted octanol–water partition coefficient (Wildman–Crippen LogP) is 6.17. The van der Waals surface area contributed by atoms with Gasteiger partial charge in [-0.25, -0.2) is 4.98 Å². The third-order valence-corrected chi connectivity index (χ3v) is 7.75. The second-order valence-electron chi connectivity index (χ2n) is 7.72. The van der Waals surface area contributed by atoms with Crippen LogP contribution in [0.1, 0.15) is 34.1 Å². The molecule has 0 aliphatic carbocycles. The van der Waals surface area contributed by atoms with Gasteiger partial charge >= 0.3 is 0 Å². The molecule has 0 saturated carbocycles. The standard InChI is InChI=1S/C23H21BrClN3O5S/c1-32-19-6-4-15(24)21(33-2)20(19)23(29)27-9-7-13(8-10-27)22-26-17(12-34-22)14-3-5-16(25)18(11-14)28(30)31/h3-6,11-13H,7-10H2,1-2H3. The molecule has 11 heteroatoms. The predicted molar refractivity (Wildman–Crippen MR) is 134 cm³/mol. The van der Waals surface area contributed by atoms with Crippen LogP contribution >= 0.6 is 38.9 Å². The summed E-state index contributed by atoms with van der Waals surface area (Å²) in [7, 11) is 3.05. The fraction of sp³-hybridized carbons (Fsp3) is 0.304. The average molecular weight is 567 g/mol. The zero-order valence-electron chi connectivity index (χ0n) is 18.4. The molecular weight excluding hydrogens is 546 g/mol. The van der Waals surface area contributed by atoms with Gasteiger partial charge < -0.3 is 14.4 Å². The van der Waals surface area contributed by atoms with Gasteiger partial charge in [0.25, 0.3) is 11.6 Å². The van der Waals surface area contributed by atoms with Gasteiger partial charge in [-0.15, -0.1) is 11.3 Å². The van der Waals surface area contributed by atoms with Crippen molar-refractivity contribution >= 4 is 50.5 Å². The Hall–Kier alpha value is -2.69. The van der Waals surface area contributed by atoms with E-state index in [1.165, 1.54) is 37.7 Å². The van der Waals surface area contributed by atoms with Crippen molar-refractivity contribution in [3.63, 3.8) is 0 Å². The fourth-order valence-corrected chi connectivity index (χ4v) is 5.70. The number of nitro benzene ring substituents is 1. The molecule has 1 saturated heterocycles. The van der Waals surface area contributed by atoms with Gasteiger partial charge in [-0.3, -0.25) is 14.9 Å². The second kappa shape index (κ2) is 10.3. The van der Waals surface area contributed by atoms with Crippen LogP contribution in [0.15, 0.2) is 40.2 Å². The largest absolute Gasteiger partial charge is 0.496 e. The SMILES string of the molecule is COc1ccc(Br)c(OC)c1C(=O)N1CCC(c2nc(-c3ccc(Cl)c([N+](=O)[O-])c3)cs2)CC1. The van der Waals surface area contributed by atoms with Gasteiger partial charge in [0, 0.05) is 36.0 Å². The van der Waals surface area contributed by atoms with Crippen molar-refractivity contribution in [1.29, 1.82) is 0 Å². The molecule has 0 unspecified atom stereocenters. The Morgan fingerprint density at radius 3 is 2.62 bits per heavy atom. The first-order chi connectivity index (χ1) is 16.3. The van der Waals surface area contributed by atoms with Gasteiger partial charge in [0.15, 0.2) is 0 Å². The number of benzene rings is 2. The van der Waals surface area contributed by atoms with Gasteiger partial charge in [-0.05, 0) is 47.0 Å². The van der Waals surface area contributed by atoms with E-state index in [0.29, 0.717) is 45.9 Å². The van der Waals surface area contributed by atoms with E-state index in [0.717, 1.165) is 17.8 Å². The molecule has 2 heterocycles. The molecule has 3 aromatic rings. The summed E-state index contributed by atoms with van der Waals surface area (Å²) >= 11 is 10.9. The molecule has 2 aromatic carbocycles. The van der Waals surface area contributed by atoms with Crippen LogP contribution in [-0.4, -0.2) is 48.0 Å². The molecule has 34 heavy (non-hydrogen) atoms. The number of carbonyl (C=O) groups excluding carboxylic acids is 1. The molecule has 1 aromatic heterocycles. The molecule has 0 bridgehead atoms. The molecular formula is C23H21BrClN3O5S. The summed E-state index contributed by atoms with van der Waals surface area (Å²) < 4.78 is 11.6. The van der Waals surface area contributed by atoms with Crippen LogP contribution in [0.25, 0.3) is 11.3 Å². The monoisotopic (exact) mass is 565 g/mol. The maximum Gasteiger partial charge on any atom is 0.288 e. The lowest BCUT2D eigenvalue weighted by Gasteiger charge is -2.32. The number of ether oxygens (including phenoxy) is 2. The minimum Gasteiger partial charge on any atom is -0.496 e. The molecule has 0 atom stereocenters. The zero-order chi connectivity index (χ0) is 24.4. The van der Waals surface area contributed by atoms with Crippen LogP contribution < -0.4 is 9.47 Å². The summed E-state index contributed by atoms with van der Waals surface area (Å²) in [4.78, 5) is 30.6. The second-order valence-corrected chi connectivity index (χ2v) is 9.87. The molecule has 8 nitrogen and oxygen atoms in total. The molecule has 0 radical (unpaired) electrons. The number of amides is 1. The number of piperidine rings is 1. The van der Waals surface area contributed by atoms with Crippen LogP contribution in [0.2, 0.25) is 5.02 Å². The Morgan fingerprint density at radius 2 is 1.97 bits per heavy atom. The van der Waals surface area contributed by atoms with E-state index < -0.39 is 4.92 Å². The van der Waals surface area contributed by atoms with Gasteiger partial charge in [-0.2, -0.15) is 0 Å². The first-order valence-corrected chi connectivity index (χ1v) is 12.5. The minimum absolute atomic E-state index is 0.0972. The third kappa shape index (κ3) is 4.75. The van der Waals surface area contributed by atoms with Crippen LogP contribution in [-0.2, 0) is 0 Å². The number of likely N-dealkylation sites (tertiary alicyclic amines) is 1. The van der Waals surface area contributed by atoms with E-state index in [1.807, 2.05) is 5.38 Å². The Kier molecular flexibility index (Phi) is 7.39. The van der Waals surface area contributed by atoms with Crippen molar-refractivity contribution in [2.75, 3.05) is 27.3 Å². The number of aromatic nitrogens is 1. The molecule has 1 aliphatic heterocycles. The number of thiazole rings is 1. The summed E-state index contributed by atoms with van der Waals surface area (Å²) in [5.41, 5.74) is 1.60. The van der Waals surface area contributed by atoms with Crippen LogP contribution in [0, 0.1) is 10.1 Å². The van der Waals surface area contributed by atoms with E-state index in [1.54, 1.807) is 23.1 Å². The third-order valence-electron chi connectivity index (χ3n) is 5.80. The highest BCUT2D eigenvalue weighted by Crippen LogP contribution is 2.39. The van der Waals surface area contributed by atoms with Gasteiger partial charge in [0.1, 0.15) is 22.1 Å². The fourth-order valence-electron chi connectivity index (χ4n) is 4.02.